The number of ether oxygens (including phenoxy) is 1. The third kappa shape index (κ3) is 2.91. The van der Waals surface area contributed by atoms with Crippen molar-refractivity contribution in [3.05, 3.63) is 27.7 Å². The van der Waals surface area contributed by atoms with Crippen LogP contribution < -0.4 is 10.1 Å². The molecule has 1 atom stereocenters. The van der Waals surface area contributed by atoms with Gasteiger partial charge in [-0.15, -0.1) is 0 Å². The van der Waals surface area contributed by atoms with Gasteiger partial charge in [0.05, 0.1) is 23.3 Å². The Kier molecular flexibility index (Phi) is 4.73. The van der Waals surface area contributed by atoms with Crippen LogP contribution in [0.25, 0.3) is 0 Å². The fourth-order valence-corrected chi connectivity index (χ4v) is 2.86. The number of piperidine rings is 1. The second-order valence-corrected chi connectivity index (χ2v) is 5.35. The maximum atomic E-state index is 10.4. The zero-order valence-electron chi connectivity index (χ0n) is 10.2. The van der Waals surface area contributed by atoms with Crippen LogP contribution in [0, 0.1) is 5.92 Å². The molecule has 1 unspecified atom stereocenters. The number of nitrogens with one attached hydrogen (secondary N) is 1. The second kappa shape index (κ2) is 6.11. The number of rotatable bonds is 3. The number of aliphatic hydroxyl groups excluding tert-OH is 1. The highest BCUT2D eigenvalue weighted by molar-refractivity contribution is 6.34. The fraction of sp³-hybridized carbons (Fsp3) is 0.538. The summed E-state index contributed by atoms with van der Waals surface area (Å²) in [5.74, 6) is 0.760. The molecule has 1 saturated heterocycles. The van der Waals surface area contributed by atoms with Gasteiger partial charge < -0.3 is 15.2 Å². The van der Waals surface area contributed by atoms with Crippen LogP contribution in [0.2, 0.25) is 10.0 Å². The van der Waals surface area contributed by atoms with Crippen LogP contribution >= 0.6 is 23.2 Å². The van der Waals surface area contributed by atoms with Crippen molar-refractivity contribution in [2.75, 3.05) is 20.2 Å². The molecule has 1 aliphatic heterocycles. The molecule has 0 spiro atoms. The Labute approximate surface area is 117 Å². The summed E-state index contributed by atoms with van der Waals surface area (Å²) in [6.07, 6.45) is 1.32. The predicted octanol–water partition coefficient (Wildman–Crippen LogP) is 3.04. The van der Waals surface area contributed by atoms with E-state index < -0.39 is 6.10 Å². The summed E-state index contributed by atoms with van der Waals surface area (Å²) in [6, 6.07) is 3.36. The summed E-state index contributed by atoms with van der Waals surface area (Å²) in [5, 5.41) is 14.7. The van der Waals surface area contributed by atoms with Crippen LogP contribution in [-0.2, 0) is 0 Å². The first-order valence-electron chi connectivity index (χ1n) is 6.05. The lowest BCUT2D eigenvalue weighted by molar-refractivity contribution is 0.0890. The first-order chi connectivity index (χ1) is 8.63. The summed E-state index contributed by atoms with van der Waals surface area (Å²) in [6.45, 7) is 1.87. The summed E-state index contributed by atoms with van der Waals surface area (Å²) < 4.78 is 5.10. The van der Waals surface area contributed by atoms with Crippen LogP contribution in [0.4, 0.5) is 0 Å². The van der Waals surface area contributed by atoms with Gasteiger partial charge in [0, 0.05) is 11.6 Å². The van der Waals surface area contributed by atoms with Gasteiger partial charge in [-0.2, -0.15) is 0 Å². The van der Waals surface area contributed by atoms with Crippen LogP contribution in [0.3, 0.4) is 0 Å². The van der Waals surface area contributed by atoms with Crippen LogP contribution in [-0.4, -0.2) is 25.3 Å². The molecule has 5 heteroatoms. The topological polar surface area (TPSA) is 41.5 Å². The summed E-state index contributed by atoms with van der Waals surface area (Å²) in [4.78, 5) is 0. The highest BCUT2D eigenvalue weighted by Gasteiger charge is 2.25. The molecule has 0 amide bonds. The molecule has 0 aliphatic carbocycles. The third-order valence-electron chi connectivity index (χ3n) is 3.42. The van der Waals surface area contributed by atoms with Gasteiger partial charge in [-0.25, -0.2) is 0 Å². The zero-order valence-corrected chi connectivity index (χ0v) is 11.8. The van der Waals surface area contributed by atoms with E-state index in [1.165, 1.54) is 0 Å². The van der Waals surface area contributed by atoms with E-state index in [2.05, 4.69) is 5.32 Å². The van der Waals surface area contributed by atoms with Crippen molar-refractivity contribution in [3.8, 4) is 5.75 Å². The van der Waals surface area contributed by atoms with Gasteiger partial charge in [0.15, 0.2) is 0 Å². The molecule has 1 aromatic rings. The van der Waals surface area contributed by atoms with E-state index >= 15 is 0 Å². The van der Waals surface area contributed by atoms with Gasteiger partial charge in [-0.05, 0) is 37.9 Å². The Bertz CT molecular complexity index is 420. The quantitative estimate of drug-likeness (QED) is 0.899. The van der Waals surface area contributed by atoms with Crippen LogP contribution in [0.15, 0.2) is 12.1 Å². The van der Waals surface area contributed by atoms with Crippen molar-refractivity contribution < 1.29 is 9.84 Å². The van der Waals surface area contributed by atoms with Crippen molar-refractivity contribution in [1.82, 2.24) is 5.32 Å². The molecule has 0 aromatic heterocycles. The average Bonchev–Trinajstić information content (AvgIpc) is 2.41. The zero-order chi connectivity index (χ0) is 13.1. The second-order valence-electron chi connectivity index (χ2n) is 4.54. The maximum Gasteiger partial charge on any atom is 0.138 e. The number of hydrogen-bond donors (Lipinski definition) is 2. The smallest absolute Gasteiger partial charge is 0.138 e. The van der Waals surface area contributed by atoms with E-state index in [9.17, 15) is 5.11 Å². The molecule has 0 bridgehead atoms. The standard InChI is InChI=1S/C13H17Cl2NO2/c1-18-12-7-10(14)9(6-11(12)15)13(17)8-2-4-16-5-3-8/h6-8,13,16-17H,2-5H2,1H3. The Hall–Kier alpha value is -0.480. The SMILES string of the molecule is COc1cc(Cl)c(C(O)C2CCNCC2)cc1Cl. The van der Waals surface area contributed by atoms with E-state index in [0.29, 0.717) is 21.4 Å². The van der Waals surface area contributed by atoms with Crippen molar-refractivity contribution in [1.29, 1.82) is 0 Å². The van der Waals surface area contributed by atoms with E-state index in [1.54, 1.807) is 19.2 Å². The van der Waals surface area contributed by atoms with Crippen molar-refractivity contribution in [2.24, 2.45) is 5.92 Å². The summed E-state index contributed by atoms with van der Waals surface area (Å²) in [5.41, 5.74) is 0.689. The van der Waals surface area contributed by atoms with E-state index in [1.807, 2.05) is 0 Å². The fourth-order valence-electron chi connectivity index (χ4n) is 2.34. The Morgan fingerprint density at radius 2 is 1.94 bits per heavy atom. The molecule has 1 heterocycles. The number of methoxy groups -OCH3 is 1. The van der Waals surface area contributed by atoms with E-state index in [0.717, 1.165) is 25.9 Å². The monoisotopic (exact) mass is 289 g/mol. The lowest BCUT2D eigenvalue weighted by Gasteiger charge is -2.28. The van der Waals surface area contributed by atoms with Crippen molar-refractivity contribution in [3.63, 3.8) is 0 Å². The molecule has 2 N–H and O–H groups in total. The molecule has 100 valence electrons. The Balaban J connectivity index is 2.23. The molecule has 1 aliphatic rings. The highest BCUT2D eigenvalue weighted by Crippen LogP contribution is 2.38. The minimum atomic E-state index is -0.567. The summed E-state index contributed by atoms with van der Waals surface area (Å²) >= 11 is 12.3. The minimum absolute atomic E-state index is 0.230. The molecule has 1 fully saturated rings. The highest BCUT2D eigenvalue weighted by atomic mass is 35.5. The molecular formula is C13H17Cl2NO2. The lowest BCUT2D eigenvalue weighted by atomic mass is 9.88. The number of hydrogen-bond acceptors (Lipinski definition) is 3. The molecule has 0 saturated carbocycles. The van der Waals surface area contributed by atoms with Crippen molar-refractivity contribution >= 4 is 23.2 Å². The molecule has 2 rings (SSSR count). The maximum absolute atomic E-state index is 10.4. The van der Waals surface area contributed by atoms with Crippen LogP contribution in [0.1, 0.15) is 24.5 Å². The molecule has 3 nitrogen and oxygen atoms in total. The lowest BCUT2D eigenvalue weighted by Crippen LogP contribution is -2.30. The molecular weight excluding hydrogens is 273 g/mol. The van der Waals surface area contributed by atoms with Gasteiger partial charge in [-0.3, -0.25) is 0 Å². The van der Waals surface area contributed by atoms with Crippen molar-refractivity contribution in [2.45, 2.75) is 18.9 Å². The van der Waals surface area contributed by atoms with Gasteiger partial charge in [0.1, 0.15) is 5.75 Å². The van der Waals surface area contributed by atoms with E-state index in [-0.39, 0.29) is 5.92 Å². The predicted molar refractivity (Wildman–Crippen MR) is 73.6 cm³/mol. The Morgan fingerprint density at radius 1 is 1.28 bits per heavy atom. The van der Waals surface area contributed by atoms with E-state index in [4.69, 9.17) is 27.9 Å². The number of halogens is 2. The third-order valence-corrected chi connectivity index (χ3v) is 4.04. The minimum Gasteiger partial charge on any atom is -0.495 e. The van der Waals surface area contributed by atoms with Gasteiger partial charge >= 0.3 is 0 Å². The number of benzene rings is 1. The first-order valence-corrected chi connectivity index (χ1v) is 6.80. The molecule has 0 radical (unpaired) electrons. The molecule has 1 aromatic carbocycles. The first kappa shape index (κ1) is 13.9. The van der Waals surface area contributed by atoms with Crippen LogP contribution in [0.5, 0.6) is 5.75 Å². The van der Waals surface area contributed by atoms with Gasteiger partial charge in [0.2, 0.25) is 0 Å². The Morgan fingerprint density at radius 3 is 2.56 bits per heavy atom. The van der Waals surface area contributed by atoms with Gasteiger partial charge in [-0.1, -0.05) is 23.2 Å². The normalized spacial score (nSPS) is 18.7. The van der Waals surface area contributed by atoms with Gasteiger partial charge in [0.25, 0.3) is 0 Å². The molecule has 18 heavy (non-hydrogen) atoms. The number of aliphatic hydroxyl groups is 1. The summed E-state index contributed by atoms with van der Waals surface area (Å²) in [7, 11) is 1.54. The largest absolute Gasteiger partial charge is 0.495 e. The average molecular weight is 290 g/mol.